The highest BCUT2D eigenvalue weighted by molar-refractivity contribution is 5.88. The molecule has 1 N–H and O–H groups in total. The number of rotatable bonds is 6. The van der Waals surface area contributed by atoms with E-state index >= 15 is 0 Å². The number of carboxylic acids is 1. The third-order valence-electron chi connectivity index (χ3n) is 4.02. The first-order valence-electron chi connectivity index (χ1n) is 7.17. The molecule has 0 bridgehead atoms. The Morgan fingerprint density at radius 2 is 1.65 bits per heavy atom. The van der Waals surface area contributed by atoms with Crippen LogP contribution in [0.15, 0.2) is 0 Å². The Hall–Kier alpha value is -1.59. The molecule has 0 aromatic heterocycles. The fourth-order valence-electron chi connectivity index (χ4n) is 2.79. The molecule has 0 radical (unpaired) electrons. The molecule has 6 heteroatoms. The van der Waals surface area contributed by atoms with E-state index < -0.39 is 17.8 Å². The Balaban J connectivity index is 2.63. The smallest absolute Gasteiger partial charge is 0.307 e. The molecule has 114 valence electrons. The maximum atomic E-state index is 12.3. The third-order valence-corrected chi connectivity index (χ3v) is 4.02. The van der Waals surface area contributed by atoms with Crippen molar-refractivity contribution in [3.8, 4) is 0 Å². The Kier molecular flexibility index (Phi) is 5.98. The van der Waals surface area contributed by atoms with Gasteiger partial charge in [0.15, 0.2) is 0 Å². The number of hydrogen-bond donors (Lipinski definition) is 1. The summed E-state index contributed by atoms with van der Waals surface area (Å²) in [6.07, 6.45) is 1.90. The molecular weight excluding hydrogens is 260 g/mol. The van der Waals surface area contributed by atoms with E-state index in [1.165, 1.54) is 4.90 Å². The fourth-order valence-corrected chi connectivity index (χ4v) is 2.79. The van der Waals surface area contributed by atoms with Crippen LogP contribution in [-0.2, 0) is 14.4 Å². The standard InChI is InChI=1S/C14H24N2O4/c1-4-16(5-2)12(17)9-15(3)13(18)10-7-6-8-11(10)14(19)20/h10-11H,4-9H2,1-3H3,(H,19,20). The summed E-state index contributed by atoms with van der Waals surface area (Å²) in [5.41, 5.74) is 0. The number of aliphatic carboxylic acids is 1. The summed E-state index contributed by atoms with van der Waals surface area (Å²) in [6.45, 7) is 5.02. The second-order valence-electron chi connectivity index (χ2n) is 5.24. The zero-order chi connectivity index (χ0) is 15.3. The van der Waals surface area contributed by atoms with E-state index in [0.717, 1.165) is 6.42 Å². The molecule has 20 heavy (non-hydrogen) atoms. The van der Waals surface area contributed by atoms with E-state index in [-0.39, 0.29) is 18.4 Å². The summed E-state index contributed by atoms with van der Waals surface area (Å²) in [4.78, 5) is 38.4. The molecular formula is C14H24N2O4. The van der Waals surface area contributed by atoms with Gasteiger partial charge < -0.3 is 14.9 Å². The number of hydrogen-bond acceptors (Lipinski definition) is 3. The minimum atomic E-state index is -0.913. The van der Waals surface area contributed by atoms with E-state index in [0.29, 0.717) is 25.9 Å². The van der Waals surface area contributed by atoms with Crippen molar-refractivity contribution >= 4 is 17.8 Å². The fraction of sp³-hybridized carbons (Fsp3) is 0.786. The van der Waals surface area contributed by atoms with Gasteiger partial charge in [-0.3, -0.25) is 14.4 Å². The second kappa shape index (κ2) is 7.26. The third kappa shape index (κ3) is 3.71. The lowest BCUT2D eigenvalue weighted by molar-refractivity contribution is -0.149. The van der Waals surface area contributed by atoms with Crippen LogP contribution in [-0.4, -0.2) is 59.4 Å². The molecule has 0 spiro atoms. The zero-order valence-corrected chi connectivity index (χ0v) is 12.5. The summed E-state index contributed by atoms with van der Waals surface area (Å²) >= 11 is 0. The van der Waals surface area contributed by atoms with Gasteiger partial charge in [0.25, 0.3) is 0 Å². The van der Waals surface area contributed by atoms with Crippen LogP contribution >= 0.6 is 0 Å². The SMILES string of the molecule is CCN(CC)C(=O)CN(C)C(=O)C1CCCC1C(=O)O. The van der Waals surface area contributed by atoms with Gasteiger partial charge in [0.1, 0.15) is 0 Å². The number of carbonyl (C=O) groups excluding carboxylic acids is 2. The van der Waals surface area contributed by atoms with Crippen LogP contribution in [0.2, 0.25) is 0 Å². The number of amides is 2. The Bertz CT molecular complexity index is 379. The zero-order valence-electron chi connectivity index (χ0n) is 12.5. The number of carboxylic acid groups (broad SMARTS) is 1. The van der Waals surface area contributed by atoms with Gasteiger partial charge in [-0.2, -0.15) is 0 Å². The maximum absolute atomic E-state index is 12.3. The van der Waals surface area contributed by atoms with Crippen molar-refractivity contribution in [2.45, 2.75) is 33.1 Å². The quantitative estimate of drug-likeness (QED) is 0.783. The molecule has 2 amide bonds. The average Bonchev–Trinajstić information content (AvgIpc) is 2.88. The minimum Gasteiger partial charge on any atom is -0.481 e. The highest BCUT2D eigenvalue weighted by Gasteiger charge is 2.39. The van der Waals surface area contributed by atoms with E-state index in [2.05, 4.69) is 0 Å². The van der Waals surface area contributed by atoms with Gasteiger partial charge in [-0.25, -0.2) is 0 Å². The summed E-state index contributed by atoms with van der Waals surface area (Å²) in [5.74, 6) is -2.33. The molecule has 1 aliphatic rings. The topological polar surface area (TPSA) is 77.9 Å². The van der Waals surface area contributed by atoms with E-state index in [9.17, 15) is 14.4 Å². The van der Waals surface area contributed by atoms with E-state index in [1.807, 2.05) is 13.8 Å². The maximum Gasteiger partial charge on any atom is 0.307 e. The summed E-state index contributed by atoms with van der Waals surface area (Å²) in [6, 6.07) is 0. The minimum absolute atomic E-state index is 0.0172. The van der Waals surface area contributed by atoms with Crippen molar-refractivity contribution in [2.24, 2.45) is 11.8 Å². The van der Waals surface area contributed by atoms with Crippen molar-refractivity contribution < 1.29 is 19.5 Å². The highest BCUT2D eigenvalue weighted by atomic mass is 16.4. The van der Waals surface area contributed by atoms with Crippen LogP contribution in [0.4, 0.5) is 0 Å². The van der Waals surface area contributed by atoms with Crippen LogP contribution in [0.5, 0.6) is 0 Å². The molecule has 1 rings (SSSR count). The molecule has 6 nitrogen and oxygen atoms in total. The van der Waals surface area contributed by atoms with Crippen molar-refractivity contribution in [1.29, 1.82) is 0 Å². The van der Waals surface area contributed by atoms with Crippen molar-refractivity contribution in [3.05, 3.63) is 0 Å². The Labute approximate surface area is 119 Å². The van der Waals surface area contributed by atoms with Crippen LogP contribution in [0.1, 0.15) is 33.1 Å². The lowest BCUT2D eigenvalue weighted by atomic mass is 9.95. The monoisotopic (exact) mass is 284 g/mol. The first kappa shape index (κ1) is 16.5. The summed E-state index contributed by atoms with van der Waals surface area (Å²) < 4.78 is 0. The molecule has 1 fully saturated rings. The van der Waals surface area contributed by atoms with Gasteiger partial charge in [-0.05, 0) is 26.7 Å². The largest absolute Gasteiger partial charge is 0.481 e. The molecule has 0 aromatic rings. The van der Waals surface area contributed by atoms with E-state index in [4.69, 9.17) is 5.11 Å². The number of carbonyl (C=O) groups is 3. The molecule has 0 aliphatic heterocycles. The second-order valence-corrected chi connectivity index (χ2v) is 5.24. The van der Waals surface area contributed by atoms with Crippen LogP contribution in [0, 0.1) is 11.8 Å². The predicted molar refractivity (Wildman–Crippen MR) is 74.0 cm³/mol. The first-order chi connectivity index (χ1) is 9.42. The Morgan fingerprint density at radius 3 is 2.15 bits per heavy atom. The van der Waals surface area contributed by atoms with Gasteiger partial charge in [-0.15, -0.1) is 0 Å². The molecule has 1 saturated carbocycles. The highest BCUT2D eigenvalue weighted by Crippen LogP contribution is 2.33. The molecule has 0 aromatic carbocycles. The Morgan fingerprint density at radius 1 is 1.10 bits per heavy atom. The van der Waals surface area contributed by atoms with Gasteiger partial charge in [0.05, 0.1) is 18.4 Å². The van der Waals surface area contributed by atoms with Gasteiger partial charge in [0, 0.05) is 20.1 Å². The normalized spacial score (nSPS) is 21.6. The molecule has 1 aliphatic carbocycles. The molecule has 0 heterocycles. The summed E-state index contributed by atoms with van der Waals surface area (Å²) in [7, 11) is 1.57. The van der Waals surface area contributed by atoms with Crippen LogP contribution < -0.4 is 0 Å². The van der Waals surface area contributed by atoms with Crippen LogP contribution in [0.3, 0.4) is 0 Å². The molecule has 2 atom stereocenters. The van der Waals surface area contributed by atoms with Crippen LogP contribution in [0.25, 0.3) is 0 Å². The lowest BCUT2D eigenvalue weighted by Gasteiger charge is -2.26. The van der Waals surface area contributed by atoms with Crippen molar-refractivity contribution in [2.75, 3.05) is 26.7 Å². The summed E-state index contributed by atoms with van der Waals surface area (Å²) in [5, 5.41) is 9.11. The van der Waals surface area contributed by atoms with Gasteiger partial charge in [-0.1, -0.05) is 6.42 Å². The van der Waals surface area contributed by atoms with Crippen molar-refractivity contribution in [3.63, 3.8) is 0 Å². The van der Waals surface area contributed by atoms with Gasteiger partial charge in [0.2, 0.25) is 11.8 Å². The van der Waals surface area contributed by atoms with Crippen molar-refractivity contribution in [1.82, 2.24) is 9.80 Å². The predicted octanol–water partition coefficient (Wildman–Crippen LogP) is 0.814. The lowest BCUT2D eigenvalue weighted by Crippen LogP contribution is -2.44. The average molecular weight is 284 g/mol. The first-order valence-corrected chi connectivity index (χ1v) is 7.17. The number of likely N-dealkylation sites (N-methyl/N-ethyl adjacent to an activating group) is 2. The van der Waals surface area contributed by atoms with Gasteiger partial charge >= 0.3 is 5.97 Å². The molecule has 2 unspecified atom stereocenters. The number of nitrogens with zero attached hydrogens (tertiary/aromatic N) is 2. The molecule has 0 saturated heterocycles. The van der Waals surface area contributed by atoms with E-state index in [1.54, 1.807) is 11.9 Å².